The molecule has 100 valence electrons. The van der Waals surface area contributed by atoms with Crippen molar-refractivity contribution in [2.24, 2.45) is 0 Å². The van der Waals surface area contributed by atoms with E-state index in [4.69, 9.17) is 10.5 Å². The highest BCUT2D eigenvalue weighted by atomic mass is 16.5. The van der Waals surface area contributed by atoms with Gasteiger partial charge in [0, 0.05) is 11.9 Å². The predicted octanol–water partition coefficient (Wildman–Crippen LogP) is 2.41. The Labute approximate surface area is 112 Å². The van der Waals surface area contributed by atoms with Gasteiger partial charge in [-0.05, 0) is 43.7 Å². The topological polar surface area (TPSA) is 70.1 Å². The summed E-state index contributed by atoms with van der Waals surface area (Å²) >= 11 is 0. The third kappa shape index (κ3) is 3.13. The van der Waals surface area contributed by atoms with Crippen molar-refractivity contribution in [2.45, 2.75) is 26.4 Å². The first kappa shape index (κ1) is 13.1. The molecule has 1 unspecified atom stereocenters. The van der Waals surface area contributed by atoms with Crippen molar-refractivity contribution in [3.8, 4) is 5.69 Å². The van der Waals surface area contributed by atoms with E-state index < -0.39 is 5.97 Å². The van der Waals surface area contributed by atoms with Gasteiger partial charge in [0.15, 0.2) is 5.69 Å². The molecule has 0 spiro atoms. The molecule has 0 saturated heterocycles. The lowest BCUT2D eigenvalue weighted by molar-refractivity contribution is 0.0327. The van der Waals surface area contributed by atoms with Crippen molar-refractivity contribution in [1.82, 2.24) is 9.78 Å². The fraction of sp³-hybridized carbons (Fsp3) is 0.286. The van der Waals surface area contributed by atoms with Crippen molar-refractivity contribution < 1.29 is 9.53 Å². The summed E-state index contributed by atoms with van der Waals surface area (Å²) in [6.07, 6.45) is 2.40. The number of hydrogen-bond donors (Lipinski definition) is 1. The molecule has 1 aromatic carbocycles. The number of esters is 1. The van der Waals surface area contributed by atoms with E-state index in [0.717, 1.165) is 12.1 Å². The van der Waals surface area contributed by atoms with Crippen LogP contribution in [0.1, 0.15) is 30.8 Å². The molecule has 1 aromatic heterocycles. The zero-order valence-electron chi connectivity index (χ0n) is 11.0. The molecular formula is C14H17N3O2. The molecule has 2 rings (SSSR count). The minimum atomic E-state index is -0.399. The van der Waals surface area contributed by atoms with Gasteiger partial charge in [0.25, 0.3) is 0 Å². The molecule has 0 amide bonds. The molecular weight excluding hydrogens is 242 g/mol. The maximum Gasteiger partial charge on any atom is 0.359 e. The summed E-state index contributed by atoms with van der Waals surface area (Å²) in [5.74, 6) is -0.399. The average molecular weight is 259 g/mol. The molecule has 19 heavy (non-hydrogen) atoms. The quantitative estimate of drug-likeness (QED) is 0.676. The largest absolute Gasteiger partial charge is 0.458 e. The van der Waals surface area contributed by atoms with E-state index in [1.165, 1.54) is 0 Å². The third-order valence-electron chi connectivity index (χ3n) is 2.84. The Morgan fingerprint density at radius 3 is 2.68 bits per heavy atom. The highest BCUT2D eigenvalue weighted by molar-refractivity contribution is 5.87. The van der Waals surface area contributed by atoms with E-state index in [1.807, 2.05) is 26.0 Å². The van der Waals surface area contributed by atoms with Crippen LogP contribution in [-0.2, 0) is 4.74 Å². The Morgan fingerprint density at radius 1 is 1.37 bits per heavy atom. The van der Waals surface area contributed by atoms with Crippen molar-refractivity contribution in [2.75, 3.05) is 5.73 Å². The number of carbonyl (C=O) groups is 1. The molecule has 0 aliphatic carbocycles. The lowest BCUT2D eigenvalue weighted by atomic mass is 10.3. The summed E-state index contributed by atoms with van der Waals surface area (Å²) in [4.78, 5) is 11.8. The second-order valence-electron chi connectivity index (χ2n) is 4.36. The van der Waals surface area contributed by atoms with Gasteiger partial charge in [0.1, 0.15) is 0 Å². The third-order valence-corrected chi connectivity index (χ3v) is 2.84. The van der Waals surface area contributed by atoms with Gasteiger partial charge in [-0.15, -0.1) is 0 Å². The van der Waals surface area contributed by atoms with Crippen molar-refractivity contribution in [3.05, 3.63) is 42.2 Å². The molecule has 0 bridgehead atoms. The van der Waals surface area contributed by atoms with Crippen LogP contribution >= 0.6 is 0 Å². The van der Waals surface area contributed by atoms with Gasteiger partial charge in [-0.1, -0.05) is 6.92 Å². The second kappa shape index (κ2) is 5.56. The number of nitrogens with two attached hydrogens (primary N) is 1. The molecule has 0 radical (unpaired) electrons. The van der Waals surface area contributed by atoms with Gasteiger partial charge < -0.3 is 10.5 Å². The molecule has 5 heteroatoms. The molecule has 5 nitrogen and oxygen atoms in total. The van der Waals surface area contributed by atoms with Gasteiger partial charge in [0.05, 0.1) is 11.8 Å². The summed E-state index contributed by atoms with van der Waals surface area (Å²) in [6.45, 7) is 3.82. The van der Waals surface area contributed by atoms with Crippen molar-refractivity contribution >= 4 is 11.7 Å². The number of nitrogens with zero attached hydrogens (tertiary/aromatic N) is 2. The van der Waals surface area contributed by atoms with Crippen LogP contribution in [0.2, 0.25) is 0 Å². The Bertz CT molecular complexity index is 560. The SMILES string of the molecule is CCC(C)OC(=O)c1ccn(-c2ccc(N)cc2)n1. The number of anilines is 1. The van der Waals surface area contributed by atoms with Gasteiger partial charge in [-0.2, -0.15) is 5.10 Å². The maximum absolute atomic E-state index is 11.8. The molecule has 1 atom stereocenters. The smallest absolute Gasteiger partial charge is 0.359 e. The molecule has 0 saturated carbocycles. The van der Waals surface area contributed by atoms with E-state index in [-0.39, 0.29) is 6.10 Å². The van der Waals surface area contributed by atoms with Gasteiger partial charge in [-0.25, -0.2) is 9.48 Å². The molecule has 2 aromatic rings. The number of nitrogen functional groups attached to an aromatic ring is 1. The highest BCUT2D eigenvalue weighted by Gasteiger charge is 2.14. The number of aromatic nitrogens is 2. The number of rotatable bonds is 4. The van der Waals surface area contributed by atoms with Crippen LogP contribution in [0.4, 0.5) is 5.69 Å². The normalized spacial score (nSPS) is 12.1. The van der Waals surface area contributed by atoms with E-state index >= 15 is 0 Å². The van der Waals surface area contributed by atoms with Crippen molar-refractivity contribution in [1.29, 1.82) is 0 Å². The molecule has 0 aliphatic rings. The van der Waals surface area contributed by atoms with E-state index in [9.17, 15) is 4.79 Å². The number of carbonyl (C=O) groups excluding carboxylic acids is 1. The van der Waals surface area contributed by atoms with Gasteiger partial charge in [-0.3, -0.25) is 0 Å². The Morgan fingerprint density at radius 2 is 2.05 bits per heavy atom. The summed E-state index contributed by atoms with van der Waals surface area (Å²) in [5, 5.41) is 4.20. The van der Waals surface area contributed by atoms with Crippen LogP contribution in [0, 0.1) is 0 Å². The van der Waals surface area contributed by atoms with Crippen LogP contribution < -0.4 is 5.73 Å². The van der Waals surface area contributed by atoms with Gasteiger partial charge >= 0.3 is 5.97 Å². The maximum atomic E-state index is 11.8. The van der Waals surface area contributed by atoms with Gasteiger partial charge in [0.2, 0.25) is 0 Å². The van der Waals surface area contributed by atoms with Crippen molar-refractivity contribution in [3.63, 3.8) is 0 Å². The summed E-state index contributed by atoms with van der Waals surface area (Å²) < 4.78 is 6.84. The Kier molecular flexibility index (Phi) is 3.85. The molecule has 0 aliphatic heterocycles. The highest BCUT2D eigenvalue weighted by Crippen LogP contribution is 2.11. The first-order chi connectivity index (χ1) is 9.10. The molecule has 0 fully saturated rings. The number of hydrogen-bond acceptors (Lipinski definition) is 4. The van der Waals surface area contributed by atoms with Crippen LogP contribution in [0.3, 0.4) is 0 Å². The summed E-state index contributed by atoms with van der Waals surface area (Å²) in [7, 11) is 0. The molecule has 2 N–H and O–H groups in total. The lowest BCUT2D eigenvalue weighted by Crippen LogP contribution is -2.14. The minimum absolute atomic E-state index is 0.103. The van der Waals surface area contributed by atoms with Crippen LogP contribution in [-0.4, -0.2) is 21.9 Å². The monoisotopic (exact) mass is 259 g/mol. The van der Waals surface area contributed by atoms with Crippen LogP contribution in [0.15, 0.2) is 36.5 Å². The van der Waals surface area contributed by atoms with Crippen LogP contribution in [0.5, 0.6) is 0 Å². The average Bonchev–Trinajstić information content (AvgIpc) is 2.89. The standard InChI is InChI=1S/C14H17N3O2/c1-3-10(2)19-14(18)13-8-9-17(16-13)12-6-4-11(15)5-7-12/h4-10H,3,15H2,1-2H3. The first-order valence-corrected chi connectivity index (χ1v) is 6.22. The number of benzene rings is 1. The fourth-order valence-corrected chi connectivity index (χ4v) is 1.53. The zero-order chi connectivity index (χ0) is 13.8. The summed E-state index contributed by atoms with van der Waals surface area (Å²) in [6, 6.07) is 8.89. The second-order valence-corrected chi connectivity index (χ2v) is 4.36. The minimum Gasteiger partial charge on any atom is -0.458 e. The Balaban J connectivity index is 2.15. The first-order valence-electron chi connectivity index (χ1n) is 6.22. The zero-order valence-corrected chi connectivity index (χ0v) is 11.0. The van der Waals surface area contributed by atoms with E-state index in [0.29, 0.717) is 11.4 Å². The lowest BCUT2D eigenvalue weighted by Gasteiger charge is -2.08. The Hall–Kier alpha value is -2.30. The van der Waals surface area contributed by atoms with Crippen LogP contribution in [0.25, 0.3) is 5.69 Å². The predicted molar refractivity (Wildman–Crippen MR) is 73.1 cm³/mol. The number of ether oxygens (including phenoxy) is 1. The van der Waals surface area contributed by atoms with E-state index in [2.05, 4.69) is 5.10 Å². The fourth-order valence-electron chi connectivity index (χ4n) is 1.53. The van der Waals surface area contributed by atoms with E-state index in [1.54, 1.807) is 29.1 Å². The molecule has 1 heterocycles. The summed E-state index contributed by atoms with van der Waals surface area (Å²) in [5.41, 5.74) is 7.46.